The third-order valence-corrected chi connectivity index (χ3v) is 8.27. The summed E-state index contributed by atoms with van der Waals surface area (Å²) in [5, 5.41) is 15.6. The molecule has 12 heteroatoms. The maximum absolute atomic E-state index is 13.9. The van der Waals surface area contributed by atoms with Crippen molar-refractivity contribution in [3.63, 3.8) is 0 Å². The van der Waals surface area contributed by atoms with Gasteiger partial charge in [0.1, 0.15) is 0 Å². The van der Waals surface area contributed by atoms with Crippen molar-refractivity contribution in [1.29, 1.82) is 0 Å². The number of carbonyl (C=O) groups excluding carboxylic acids is 2. The lowest BCUT2D eigenvalue weighted by Gasteiger charge is -2.37. The Hall–Kier alpha value is -3.19. The maximum atomic E-state index is 13.9. The van der Waals surface area contributed by atoms with E-state index in [2.05, 4.69) is 10.7 Å². The van der Waals surface area contributed by atoms with Crippen LogP contribution in [0.15, 0.2) is 53.4 Å². The molecule has 2 aromatic carbocycles. The number of likely N-dealkylation sites (N-methyl/N-ethyl adjacent to an activating group) is 1. The van der Waals surface area contributed by atoms with E-state index in [1.54, 1.807) is 13.1 Å². The van der Waals surface area contributed by atoms with Crippen LogP contribution in [0.25, 0.3) is 0 Å². The number of hydrogen-bond acceptors (Lipinski definition) is 8. The zero-order valence-electron chi connectivity index (χ0n) is 24.4. The second kappa shape index (κ2) is 14.6. The first-order chi connectivity index (χ1) is 19.4. The molecule has 0 fully saturated rings. The lowest BCUT2D eigenvalue weighted by molar-refractivity contribution is -0.148. The van der Waals surface area contributed by atoms with Gasteiger partial charge in [-0.1, -0.05) is 58.0 Å². The smallest absolute Gasteiger partial charge is 0.252 e. The van der Waals surface area contributed by atoms with Gasteiger partial charge in [0.25, 0.3) is 5.91 Å². The van der Waals surface area contributed by atoms with Crippen LogP contribution in [-0.4, -0.2) is 80.3 Å². The van der Waals surface area contributed by atoms with Gasteiger partial charge in [0.15, 0.2) is 11.5 Å². The minimum Gasteiger partial charge on any atom is -0.454 e. The lowest BCUT2D eigenvalue weighted by Crippen LogP contribution is -2.60. The SMILES string of the molecule is CNCC(=O)NN(C(=O)CC(C)C)[C@@H](Cc1ccccc1)[C@H](O)CN(CC(C)C)S(=O)(=O)c1ccc2c(c1)OCO2. The summed E-state index contributed by atoms with van der Waals surface area (Å²) in [4.78, 5) is 26.1. The third kappa shape index (κ3) is 8.90. The number of hydrogen-bond donors (Lipinski definition) is 3. The van der Waals surface area contributed by atoms with Crippen LogP contribution in [0.3, 0.4) is 0 Å². The molecule has 0 aromatic heterocycles. The van der Waals surface area contributed by atoms with Gasteiger partial charge in [-0.05, 0) is 43.0 Å². The Bertz CT molecular complexity index is 1270. The number of benzene rings is 2. The van der Waals surface area contributed by atoms with E-state index in [9.17, 15) is 23.1 Å². The topological polar surface area (TPSA) is 138 Å². The van der Waals surface area contributed by atoms with Crippen LogP contribution in [-0.2, 0) is 26.0 Å². The average Bonchev–Trinajstić information content (AvgIpc) is 3.38. The molecule has 0 spiro atoms. The molecule has 0 unspecified atom stereocenters. The number of carbonyl (C=O) groups is 2. The van der Waals surface area contributed by atoms with E-state index < -0.39 is 28.1 Å². The van der Waals surface area contributed by atoms with E-state index >= 15 is 0 Å². The van der Waals surface area contributed by atoms with E-state index in [0.717, 1.165) is 5.56 Å². The first-order valence-electron chi connectivity index (χ1n) is 13.8. The Morgan fingerprint density at radius 1 is 0.976 bits per heavy atom. The van der Waals surface area contributed by atoms with Crippen molar-refractivity contribution in [2.75, 3.05) is 33.5 Å². The number of rotatable bonds is 14. The monoisotopic (exact) mass is 590 g/mol. The Balaban J connectivity index is 1.99. The number of fused-ring (bicyclic) bond motifs is 1. The van der Waals surface area contributed by atoms with E-state index in [4.69, 9.17) is 9.47 Å². The molecule has 1 aliphatic rings. The van der Waals surface area contributed by atoms with Gasteiger partial charge >= 0.3 is 0 Å². The molecule has 41 heavy (non-hydrogen) atoms. The molecule has 0 bridgehead atoms. The van der Waals surface area contributed by atoms with Crippen LogP contribution < -0.4 is 20.2 Å². The zero-order valence-corrected chi connectivity index (χ0v) is 25.2. The van der Waals surface area contributed by atoms with Gasteiger partial charge in [0.2, 0.25) is 22.7 Å². The summed E-state index contributed by atoms with van der Waals surface area (Å²) in [6.45, 7) is 7.31. The van der Waals surface area contributed by atoms with Crippen molar-refractivity contribution in [2.24, 2.45) is 11.8 Å². The van der Waals surface area contributed by atoms with E-state index in [0.29, 0.717) is 11.5 Å². The standard InChI is InChI=1S/C29H42N4O7S/c1-20(2)13-29(36)33(31-28(35)16-30-5)24(14-22-9-7-6-8-10-22)25(34)18-32(17-21(3)4)41(37,38)23-11-12-26-27(15-23)40-19-39-26/h6-12,15,20-21,24-25,30,34H,13-14,16-19H2,1-5H3,(H,31,35)/t24-,25+/m0/s1. The number of amides is 2. The normalized spacial score (nSPS) is 14.4. The Kier molecular flexibility index (Phi) is 11.5. The highest BCUT2D eigenvalue weighted by Crippen LogP contribution is 2.35. The second-order valence-electron chi connectivity index (χ2n) is 11.0. The quantitative estimate of drug-likeness (QED) is 0.285. The highest BCUT2D eigenvalue weighted by atomic mass is 32.2. The molecule has 1 heterocycles. The summed E-state index contributed by atoms with van der Waals surface area (Å²) in [7, 11) is -2.47. The minimum absolute atomic E-state index is 0.00396. The fourth-order valence-corrected chi connectivity index (χ4v) is 6.20. The van der Waals surface area contributed by atoms with Crippen molar-refractivity contribution < 1.29 is 32.6 Å². The Morgan fingerprint density at radius 2 is 1.66 bits per heavy atom. The van der Waals surface area contributed by atoms with Crippen LogP contribution in [0, 0.1) is 11.8 Å². The summed E-state index contributed by atoms with van der Waals surface area (Å²) in [5.74, 6) is -0.118. The molecule has 226 valence electrons. The van der Waals surface area contributed by atoms with Crippen LogP contribution in [0.5, 0.6) is 11.5 Å². The summed E-state index contributed by atoms with van der Waals surface area (Å²) in [6, 6.07) is 12.7. The van der Waals surface area contributed by atoms with Crippen molar-refractivity contribution in [3.8, 4) is 11.5 Å². The fourth-order valence-electron chi connectivity index (χ4n) is 4.56. The summed E-state index contributed by atoms with van der Waals surface area (Å²) in [5.41, 5.74) is 3.48. The van der Waals surface area contributed by atoms with Crippen LogP contribution in [0.1, 0.15) is 39.7 Å². The summed E-state index contributed by atoms with van der Waals surface area (Å²) >= 11 is 0. The van der Waals surface area contributed by atoms with Crippen molar-refractivity contribution in [3.05, 3.63) is 54.1 Å². The maximum Gasteiger partial charge on any atom is 0.252 e. The first kappa shape index (κ1) is 32.3. The number of hydrazine groups is 1. The largest absolute Gasteiger partial charge is 0.454 e. The van der Waals surface area contributed by atoms with Crippen LogP contribution >= 0.6 is 0 Å². The Labute approximate surface area is 242 Å². The minimum atomic E-state index is -4.08. The van der Waals surface area contributed by atoms with E-state index in [1.165, 1.54) is 21.4 Å². The van der Waals surface area contributed by atoms with Gasteiger partial charge in [-0.15, -0.1) is 0 Å². The fraction of sp³-hybridized carbons (Fsp3) is 0.517. The molecule has 3 rings (SSSR count). The van der Waals surface area contributed by atoms with Gasteiger partial charge in [0, 0.05) is 25.6 Å². The molecule has 0 aliphatic carbocycles. The first-order valence-corrected chi connectivity index (χ1v) is 15.2. The molecule has 11 nitrogen and oxygen atoms in total. The molecule has 2 amide bonds. The van der Waals surface area contributed by atoms with E-state index in [1.807, 2.05) is 58.0 Å². The number of aliphatic hydroxyl groups is 1. The second-order valence-corrected chi connectivity index (χ2v) is 12.9. The molecular formula is C29H42N4O7S. The predicted octanol–water partition coefficient (Wildman–Crippen LogP) is 2.16. The van der Waals surface area contributed by atoms with E-state index in [-0.39, 0.29) is 61.9 Å². The number of nitrogens with one attached hydrogen (secondary N) is 2. The van der Waals surface area contributed by atoms with Crippen LogP contribution in [0.2, 0.25) is 0 Å². The molecule has 2 atom stereocenters. The van der Waals surface area contributed by atoms with Gasteiger partial charge < -0.3 is 19.9 Å². The molecule has 1 aliphatic heterocycles. The summed E-state index contributed by atoms with van der Waals surface area (Å²) < 4.78 is 39.6. The summed E-state index contributed by atoms with van der Waals surface area (Å²) in [6.07, 6.45) is -1.03. The van der Waals surface area contributed by atoms with Gasteiger partial charge in [-0.3, -0.25) is 15.0 Å². The number of ether oxygens (including phenoxy) is 2. The number of aliphatic hydroxyl groups excluding tert-OH is 1. The Morgan fingerprint density at radius 3 is 2.29 bits per heavy atom. The van der Waals surface area contributed by atoms with Gasteiger partial charge in [-0.2, -0.15) is 4.31 Å². The van der Waals surface area contributed by atoms with Crippen molar-refractivity contribution in [1.82, 2.24) is 20.1 Å². The average molecular weight is 591 g/mol. The third-order valence-electron chi connectivity index (χ3n) is 6.44. The molecule has 2 aromatic rings. The van der Waals surface area contributed by atoms with Crippen molar-refractivity contribution >= 4 is 21.8 Å². The van der Waals surface area contributed by atoms with Gasteiger partial charge in [-0.25, -0.2) is 13.4 Å². The molecule has 0 saturated carbocycles. The van der Waals surface area contributed by atoms with Crippen molar-refractivity contribution in [2.45, 2.75) is 57.6 Å². The predicted molar refractivity (Wildman–Crippen MR) is 154 cm³/mol. The molecule has 3 N–H and O–H groups in total. The number of sulfonamides is 1. The highest BCUT2D eigenvalue weighted by molar-refractivity contribution is 7.89. The molecule has 0 saturated heterocycles. The highest BCUT2D eigenvalue weighted by Gasteiger charge is 2.36. The molecule has 0 radical (unpaired) electrons. The zero-order chi connectivity index (χ0) is 30.2. The van der Waals surface area contributed by atoms with Gasteiger partial charge in [0.05, 0.1) is 23.6 Å². The van der Waals surface area contributed by atoms with Crippen LogP contribution in [0.4, 0.5) is 0 Å². The number of nitrogens with zero attached hydrogens (tertiary/aromatic N) is 2. The lowest BCUT2D eigenvalue weighted by atomic mass is 9.99. The molecular weight excluding hydrogens is 548 g/mol.